The summed E-state index contributed by atoms with van der Waals surface area (Å²) in [6.07, 6.45) is -6.89. The second kappa shape index (κ2) is 8.88. The van der Waals surface area contributed by atoms with Crippen molar-refractivity contribution in [2.45, 2.75) is 31.7 Å². The predicted molar refractivity (Wildman–Crippen MR) is 122 cm³/mol. The number of rotatable bonds is 5. The number of hydrogen-bond donors (Lipinski definition) is 2. The Balaban J connectivity index is 1.27. The molecule has 39 heavy (non-hydrogen) atoms. The Morgan fingerprint density at radius 1 is 1.05 bits per heavy atom. The molecule has 1 aromatic heterocycles. The molecule has 2 aromatic rings. The molecular weight excluding hydrogens is 534 g/mol. The third-order valence-corrected chi connectivity index (χ3v) is 7.91. The van der Waals surface area contributed by atoms with Crippen LogP contribution in [-0.2, 0) is 17.5 Å². The van der Waals surface area contributed by atoms with Gasteiger partial charge in [-0.3, -0.25) is 14.3 Å². The Kier molecular flexibility index (Phi) is 6.10. The van der Waals surface area contributed by atoms with Gasteiger partial charge in [-0.15, -0.1) is 0 Å². The van der Waals surface area contributed by atoms with Crippen molar-refractivity contribution in [2.24, 2.45) is 27.6 Å². The monoisotopic (exact) mass is 558 g/mol. The Labute approximate surface area is 217 Å². The van der Waals surface area contributed by atoms with E-state index in [0.29, 0.717) is 5.56 Å². The minimum atomic E-state index is -4.64. The number of halogens is 6. The van der Waals surface area contributed by atoms with Crippen molar-refractivity contribution in [1.29, 1.82) is 0 Å². The van der Waals surface area contributed by atoms with E-state index in [1.54, 1.807) is 0 Å². The molecule has 2 amide bonds. The van der Waals surface area contributed by atoms with Crippen molar-refractivity contribution in [3.8, 4) is 0 Å². The minimum Gasteiger partial charge on any atom is -0.409 e. The lowest BCUT2D eigenvalue weighted by Gasteiger charge is -2.51. The molecule has 0 radical (unpaired) electrons. The van der Waals surface area contributed by atoms with Crippen LogP contribution in [0.3, 0.4) is 0 Å². The van der Waals surface area contributed by atoms with Crippen LogP contribution in [0.5, 0.6) is 0 Å². The molecule has 3 aliphatic rings. The van der Waals surface area contributed by atoms with E-state index < -0.39 is 46.5 Å². The number of likely N-dealkylation sites (tertiary alicyclic amines) is 2. The maximum absolute atomic E-state index is 13.4. The topological polar surface area (TPSA) is 117 Å². The number of amidine groups is 1. The highest BCUT2D eigenvalue weighted by Gasteiger charge is 2.71. The highest BCUT2D eigenvalue weighted by atomic mass is 19.4. The fourth-order valence-corrected chi connectivity index (χ4v) is 5.55. The third-order valence-electron chi connectivity index (χ3n) is 7.91. The van der Waals surface area contributed by atoms with Crippen LogP contribution in [-0.4, -0.2) is 74.8 Å². The summed E-state index contributed by atoms with van der Waals surface area (Å²) >= 11 is 0. The van der Waals surface area contributed by atoms with Crippen LogP contribution >= 0.6 is 0 Å². The van der Waals surface area contributed by atoms with Gasteiger partial charge in [0.15, 0.2) is 0 Å². The van der Waals surface area contributed by atoms with Gasteiger partial charge >= 0.3 is 12.4 Å². The van der Waals surface area contributed by atoms with E-state index in [4.69, 9.17) is 5.73 Å². The molecule has 3 fully saturated rings. The molecule has 1 spiro atoms. The van der Waals surface area contributed by atoms with Crippen molar-refractivity contribution in [3.05, 3.63) is 53.3 Å². The van der Waals surface area contributed by atoms with Crippen LogP contribution in [0, 0.1) is 16.7 Å². The first-order valence-electron chi connectivity index (χ1n) is 12.0. The predicted octanol–water partition coefficient (Wildman–Crippen LogP) is 2.94. The van der Waals surface area contributed by atoms with Crippen molar-refractivity contribution in [1.82, 2.24) is 19.6 Å². The normalized spacial score (nSPS) is 22.2. The smallest absolute Gasteiger partial charge is 0.409 e. The Hall–Kier alpha value is -3.78. The van der Waals surface area contributed by atoms with Gasteiger partial charge in [-0.25, -0.2) is 0 Å². The van der Waals surface area contributed by atoms with Crippen molar-refractivity contribution >= 4 is 17.6 Å². The van der Waals surface area contributed by atoms with Crippen molar-refractivity contribution in [2.75, 3.05) is 26.2 Å². The molecule has 1 unspecified atom stereocenters. The first-order valence-corrected chi connectivity index (χ1v) is 12.0. The van der Waals surface area contributed by atoms with Gasteiger partial charge in [0, 0.05) is 43.7 Å². The quantitative estimate of drug-likeness (QED) is 0.193. The molecule has 3 N–H and O–H groups in total. The Morgan fingerprint density at radius 2 is 1.67 bits per heavy atom. The fourth-order valence-electron chi connectivity index (χ4n) is 5.55. The highest BCUT2D eigenvalue weighted by molar-refractivity contribution is 5.95. The summed E-state index contributed by atoms with van der Waals surface area (Å²) in [7, 11) is 0. The molecule has 1 aromatic carbocycles. The zero-order valence-corrected chi connectivity index (χ0v) is 20.3. The summed E-state index contributed by atoms with van der Waals surface area (Å²) in [6, 6.07) is 4.53. The standard InChI is InChI=1S/C24H24F6N6O3/c25-23(26,27)16-3-1-14(2-4-16)8-36-9-15(7-32-36)19(37)34-10-17(18(31)33-39)21(11-34)12-35(13-21)20(38)22(5-6-22)24(28,29)30/h1-4,7,9,17,39H,5-6,8,10-13H2,(H2,31,33). The molecule has 210 valence electrons. The Morgan fingerprint density at radius 3 is 2.21 bits per heavy atom. The molecule has 2 saturated heterocycles. The van der Waals surface area contributed by atoms with Crippen LogP contribution in [0.1, 0.15) is 34.3 Å². The number of amides is 2. The maximum atomic E-state index is 13.4. The van der Waals surface area contributed by atoms with E-state index in [1.165, 1.54) is 34.1 Å². The number of hydrogen-bond acceptors (Lipinski definition) is 5. The second-order valence-corrected chi connectivity index (χ2v) is 10.5. The van der Waals surface area contributed by atoms with Gasteiger partial charge in [-0.1, -0.05) is 17.3 Å². The molecule has 1 atom stereocenters. The second-order valence-electron chi connectivity index (χ2n) is 10.5. The SMILES string of the molecule is N/C(=N\O)C1CN(C(=O)c2cnn(Cc3ccc(C(F)(F)F)cc3)c2)CC12CN(C(=O)C1(C(F)(F)F)CC1)C2. The molecular formula is C24H24F6N6O3. The number of oxime groups is 1. The molecule has 3 heterocycles. The first-order chi connectivity index (χ1) is 18.2. The molecule has 1 aliphatic carbocycles. The lowest BCUT2D eigenvalue weighted by molar-refractivity contribution is -0.204. The molecule has 15 heteroatoms. The van der Waals surface area contributed by atoms with E-state index in [0.717, 1.165) is 17.0 Å². The van der Waals surface area contributed by atoms with E-state index >= 15 is 0 Å². The highest BCUT2D eigenvalue weighted by Crippen LogP contribution is 2.60. The van der Waals surface area contributed by atoms with Crippen LogP contribution in [0.4, 0.5) is 26.3 Å². The van der Waals surface area contributed by atoms with Gasteiger partial charge in [0.1, 0.15) is 11.3 Å². The number of nitrogens with zero attached hydrogens (tertiary/aromatic N) is 5. The van der Waals surface area contributed by atoms with E-state index in [2.05, 4.69) is 10.3 Å². The summed E-state index contributed by atoms with van der Waals surface area (Å²) in [5.74, 6) is -2.32. The molecule has 1 saturated carbocycles. The number of benzene rings is 1. The molecule has 0 bridgehead atoms. The van der Waals surface area contributed by atoms with Gasteiger partial charge < -0.3 is 20.7 Å². The van der Waals surface area contributed by atoms with Crippen LogP contribution in [0.2, 0.25) is 0 Å². The maximum Gasteiger partial charge on any atom is 0.416 e. The van der Waals surface area contributed by atoms with Gasteiger partial charge in [-0.2, -0.15) is 31.4 Å². The number of aromatic nitrogens is 2. The van der Waals surface area contributed by atoms with Crippen LogP contribution in [0.25, 0.3) is 0 Å². The average Bonchev–Trinajstić information content (AvgIpc) is 3.40. The molecule has 9 nitrogen and oxygen atoms in total. The number of carbonyl (C=O) groups excluding carboxylic acids is 2. The summed E-state index contributed by atoms with van der Waals surface area (Å²) in [5, 5.41) is 16.4. The van der Waals surface area contributed by atoms with E-state index in [-0.39, 0.29) is 57.0 Å². The van der Waals surface area contributed by atoms with Gasteiger partial charge in [0.25, 0.3) is 5.91 Å². The largest absolute Gasteiger partial charge is 0.416 e. The fraction of sp³-hybridized carbons (Fsp3) is 0.500. The zero-order valence-electron chi connectivity index (χ0n) is 20.3. The molecule has 2 aliphatic heterocycles. The van der Waals surface area contributed by atoms with Gasteiger partial charge in [0.2, 0.25) is 5.91 Å². The van der Waals surface area contributed by atoms with Gasteiger partial charge in [-0.05, 0) is 30.5 Å². The third kappa shape index (κ3) is 4.56. The summed E-state index contributed by atoms with van der Waals surface area (Å²) in [4.78, 5) is 28.4. The minimum absolute atomic E-state index is 0.0191. The number of alkyl halides is 6. The Bertz CT molecular complexity index is 1310. The lowest BCUT2D eigenvalue weighted by Crippen LogP contribution is -2.65. The van der Waals surface area contributed by atoms with E-state index in [1.807, 2.05) is 0 Å². The molecule has 5 rings (SSSR count). The van der Waals surface area contributed by atoms with Crippen molar-refractivity contribution in [3.63, 3.8) is 0 Å². The van der Waals surface area contributed by atoms with E-state index in [9.17, 15) is 41.1 Å². The summed E-state index contributed by atoms with van der Waals surface area (Å²) in [5.41, 5.74) is 2.59. The van der Waals surface area contributed by atoms with Gasteiger partial charge in [0.05, 0.1) is 23.9 Å². The number of carbonyl (C=O) groups is 2. The summed E-state index contributed by atoms with van der Waals surface area (Å²) in [6.45, 7) is 0.0635. The lowest BCUT2D eigenvalue weighted by atomic mass is 9.70. The first kappa shape index (κ1) is 26.8. The van der Waals surface area contributed by atoms with Crippen LogP contribution in [0.15, 0.2) is 41.8 Å². The van der Waals surface area contributed by atoms with Crippen LogP contribution < -0.4 is 5.73 Å². The number of nitrogens with two attached hydrogens (primary N) is 1. The summed E-state index contributed by atoms with van der Waals surface area (Å²) < 4.78 is 80.0. The van der Waals surface area contributed by atoms with Crippen molar-refractivity contribution < 1.29 is 41.1 Å². The zero-order chi connectivity index (χ0) is 28.4. The average molecular weight is 558 g/mol.